The molecule has 0 bridgehead atoms. The third-order valence-corrected chi connectivity index (χ3v) is 3.12. The Morgan fingerprint density at radius 3 is 2.62 bits per heavy atom. The number of nitrogens with one attached hydrogen (secondary N) is 1. The van der Waals surface area contributed by atoms with E-state index in [9.17, 15) is 0 Å². The first kappa shape index (κ1) is 13.3. The number of benzene rings is 1. The van der Waals surface area contributed by atoms with Crippen molar-refractivity contribution in [1.29, 1.82) is 0 Å². The predicted molar refractivity (Wildman–Crippen MR) is 79.1 cm³/mol. The van der Waals surface area contributed by atoms with E-state index in [1.807, 2.05) is 44.2 Å². The average Bonchev–Trinajstić information content (AvgIpc) is 3.12. The van der Waals surface area contributed by atoms with Crippen LogP contribution in [0.5, 0.6) is 0 Å². The molecule has 0 saturated carbocycles. The maximum absolute atomic E-state index is 4.40. The van der Waals surface area contributed by atoms with E-state index in [1.54, 1.807) is 15.8 Å². The third kappa shape index (κ3) is 2.91. The first-order chi connectivity index (χ1) is 10.3. The van der Waals surface area contributed by atoms with Crippen molar-refractivity contribution in [1.82, 2.24) is 30.0 Å². The van der Waals surface area contributed by atoms with Crippen molar-refractivity contribution in [2.75, 3.05) is 5.32 Å². The molecule has 108 valence electrons. The van der Waals surface area contributed by atoms with Crippen LogP contribution in [0.3, 0.4) is 0 Å². The van der Waals surface area contributed by atoms with E-state index in [0.29, 0.717) is 12.4 Å². The Labute approximate surface area is 122 Å². The predicted octanol–water partition coefficient (Wildman–Crippen LogP) is 1.80. The molecule has 0 spiro atoms. The van der Waals surface area contributed by atoms with Gasteiger partial charge < -0.3 is 5.32 Å². The summed E-state index contributed by atoms with van der Waals surface area (Å²) in [5.41, 5.74) is 2.78. The molecule has 21 heavy (non-hydrogen) atoms. The summed E-state index contributed by atoms with van der Waals surface area (Å²) in [4.78, 5) is 3.28. The van der Waals surface area contributed by atoms with Gasteiger partial charge in [-0.25, -0.2) is 0 Å². The van der Waals surface area contributed by atoms with Gasteiger partial charge in [0.2, 0.25) is 0 Å². The molecule has 0 radical (unpaired) electrons. The van der Waals surface area contributed by atoms with Gasteiger partial charge >= 0.3 is 0 Å². The monoisotopic (exact) mass is 283 g/mol. The number of rotatable bonds is 5. The van der Waals surface area contributed by atoms with E-state index in [4.69, 9.17) is 0 Å². The zero-order valence-electron chi connectivity index (χ0n) is 12.1. The minimum atomic E-state index is 0.583. The number of hydrogen-bond donors (Lipinski definition) is 1. The molecule has 1 aromatic carbocycles. The average molecular weight is 283 g/mol. The summed E-state index contributed by atoms with van der Waals surface area (Å²) in [6, 6.07) is 9.80. The van der Waals surface area contributed by atoms with E-state index in [2.05, 4.69) is 25.7 Å². The minimum absolute atomic E-state index is 0.583. The lowest BCUT2D eigenvalue weighted by molar-refractivity contribution is 0.562. The fourth-order valence-corrected chi connectivity index (χ4v) is 1.97. The summed E-state index contributed by atoms with van der Waals surface area (Å²) in [5.74, 6) is 0.712. The summed E-state index contributed by atoms with van der Waals surface area (Å²) in [6.07, 6.45) is 1.70. The van der Waals surface area contributed by atoms with Crippen LogP contribution in [0.1, 0.15) is 18.3 Å². The molecule has 3 aromatic rings. The van der Waals surface area contributed by atoms with E-state index in [-0.39, 0.29) is 0 Å². The highest BCUT2D eigenvalue weighted by Crippen LogP contribution is 2.09. The molecule has 3 rings (SSSR count). The van der Waals surface area contributed by atoms with Crippen LogP contribution in [-0.2, 0) is 13.1 Å². The molecular weight excluding hydrogens is 266 g/mol. The van der Waals surface area contributed by atoms with E-state index >= 15 is 0 Å². The molecule has 7 nitrogen and oxygen atoms in total. The standard InChI is InChI=1S/C14H17N7/c1-3-20-17-11(2)13(18-20)9-15-14-10-16-21(19-14)12-7-5-4-6-8-12/h4-8,10H,3,9H2,1-2H3,(H,15,19). The second kappa shape index (κ2) is 5.74. The Morgan fingerprint density at radius 1 is 1.10 bits per heavy atom. The molecule has 0 atom stereocenters. The van der Waals surface area contributed by atoms with Crippen LogP contribution in [-0.4, -0.2) is 30.0 Å². The molecule has 0 aliphatic carbocycles. The highest BCUT2D eigenvalue weighted by atomic mass is 15.5. The molecule has 0 aliphatic heterocycles. The van der Waals surface area contributed by atoms with Crippen molar-refractivity contribution in [2.45, 2.75) is 26.9 Å². The lowest BCUT2D eigenvalue weighted by atomic mass is 10.3. The summed E-state index contributed by atoms with van der Waals surface area (Å²) in [5, 5.41) is 20.6. The van der Waals surface area contributed by atoms with Crippen molar-refractivity contribution >= 4 is 5.82 Å². The SMILES string of the molecule is CCn1nc(C)c(CNc2cnn(-c3ccccc3)n2)n1. The summed E-state index contributed by atoms with van der Waals surface area (Å²) < 4.78 is 0. The smallest absolute Gasteiger partial charge is 0.169 e. The first-order valence-electron chi connectivity index (χ1n) is 6.88. The van der Waals surface area contributed by atoms with Gasteiger partial charge in [-0.2, -0.15) is 20.1 Å². The fraction of sp³-hybridized carbons (Fsp3) is 0.286. The number of aromatic nitrogens is 6. The van der Waals surface area contributed by atoms with Gasteiger partial charge in [0, 0.05) is 0 Å². The first-order valence-corrected chi connectivity index (χ1v) is 6.88. The Balaban J connectivity index is 1.69. The maximum Gasteiger partial charge on any atom is 0.169 e. The van der Waals surface area contributed by atoms with Gasteiger partial charge in [-0.1, -0.05) is 18.2 Å². The van der Waals surface area contributed by atoms with Crippen LogP contribution in [0, 0.1) is 6.92 Å². The second-order valence-corrected chi connectivity index (χ2v) is 4.63. The van der Waals surface area contributed by atoms with Crippen molar-refractivity contribution < 1.29 is 0 Å². The van der Waals surface area contributed by atoms with Crippen LogP contribution in [0.25, 0.3) is 5.69 Å². The van der Waals surface area contributed by atoms with Crippen molar-refractivity contribution in [3.05, 3.63) is 47.9 Å². The van der Waals surface area contributed by atoms with Crippen molar-refractivity contribution in [3.8, 4) is 5.69 Å². The number of hydrogen-bond acceptors (Lipinski definition) is 5. The highest BCUT2D eigenvalue weighted by Gasteiger charge is 2.07. The molecular formula is C14H17N7. The molecule has 0 fully saturated rings. The zero-order valence-corrected chi connectivity index (χ0v) is 12.1. The van der Waals surface area contributed by atoms with Crippen LogP contribution in [0.2, 0.25) is 0 Å². The minimum Gasteiger partial charge on any atom is -0.361 e. The van der Waals surface area contributed by atoms with Gasteiger partial charge in [0.15, 0.2) is 5.82 Å². The molecule has 0 unspecified atom stereocenters. The van der Waals surface area contributed by atoms with Crippen LogP contribution >= 0.6 is 0 Å². The van der Waals surface area contributed by atoms with E-state index in [1.165, 1.54) is 0 Å². The lowest BCUT2D eigenvalue weighted by Gasteiger charge is -2.00. The normalized spacial score (nSPS) is 10.8. The van der Waals surface area contributed by atoms with Crippen LogP contribution < -0.4 is 5.32 Å². The van der Waals surface area contributed by atoms with Crippen molar-refractivity contribution in [2.24, 2.45) is 0 Å². The highest BCUT2D eigenvalue weighted by molar-refractivity contribution is 5.34. The molecule has 7 heteroatoms. The van der Waals surface area contributed by atoms with Gasteiger partial charge in [0.05, 0.1) is 30.7 Å². The lowest BCUT2D eigenvalue weighted by Crippen LogP contribution is -2.04. The van der Waals surface area contributed by atoms with E-state index < -0.39 is 0 Å². The van der Waals surface area contributed by atoms with Crippen LogP contribution in [0.4, 0.5) is 5.82 Å². The number of anilines is 1. The number of para-hydroxylation sites is 1. The third-order valence-electron chi connectivity index (χ3n) is 3.12. The summed E-state index contributed by atoms with van der Waals surface area (Å²) in [7, 11) is 0. The van der Waals surface area contributed by atoms with Gasteiger partial charge in [-0.15, -0.1) is 9.90 Å². The van der Waals surface area contributed by atoms with Gasteiger partial charge in [0.1, 0.15) is 5.69 Å². The topological polar surface area (TPSA) is 73.5 Å². The molecule has 1 N–H and O–H groups in total. The Hall–Kier alpha value is -2.70. The second-order valence-electron chi connectivity index (χ2n) is 4.63. The molecule has 2 heterocycles. The molecule has 2 aromatic heterocycles. The Bertz CT molecular complexity index is 714. The molecule has 0 aliphatic rings. The number of nitrogens with zero attached hydrogens (tertiary/aromatic N) is 6. The molecule has 0 saturated heterocycles. The summed E-state index contributed by atoms with van der Waals surface area (Å²) >= 11 is 0. The Morgan fingerprint density at radius 2 is 1.90 bits per heavy atom. The zero-order chi connectivity index (χ0) is 14.7. The van der Waals surface area contributed by atoms with E-state index in [0.717, 1.165) is 23.6 Å². The Kier molecular flexibility index (Phi) is 3.63. The van der Waals surface area contributed by atoms with Gasteiger partial charge in [-0.3, -0.25) is 0 Å². The van der Waals surface area contributed by atoms with Gasteiger partial charge in [0.25, 0.3) is 0 Å². The molecule has 0 amide bonds. The fourth-order valence-electron chi connectivity index (χ4n) is 1.97. The van der Waals surface area contributed by atoms with Crippen LogP contribution in [0.15, 0.2) is 36.5 Å². The van der Waals surface area contributed by atoms with Crippen molar-refractivity contribution in [3.63, 3.8) is 0 Å². The quantitative estimate of drug-likeness (QED) is 0.773. The van der Waals surface area contributed by atoms with Gasteiger partial charge in [-0.05, 0) is 26.0 Å². The summed E-state index contributed by atoms with van der Waals surface area (Å²) in [6.45, 7) is 5.32. The largest absolute Gasteiger partial charge is 0.361 e. The number of aryl methyl sites for hydroxylation is 2. The maximum atomic E-state index is 4.40.